The average Bonchev–Trinajstić information content (AvgIpc) is 2.93. The van der Waals surface area contributed by atoms with Gasteiger partial charge < -0.3 is 14.6 Å². The Balaban J connectivity index is 0.000000202. The number of hydrogen-bond donors (Lipinski definition) is 1. The van der Waals surface area contributed by atoms with Gasteiger partial charge in [-0.2, -0.15) is 0 Å². The molecule has 0 aliphatic rings. The summed E-state index contributed by atoms with van der Waals surface area (Å²) in [5, 5.41) is 9.03. The van der Waals surface area contributed by atoms with E-state index < -0.39 is 11.9 Å². The molecule has 0 fully saturated rings. The van der Waals surface area contributed by atoms with Gasteiger partial charge in [-0.15, -0.1) is 0 Å². The Bertz CT molecular complexity index is 1370. The number of rotatable bonds is 5. The summed E-state index contributed by atoms with van der Waals surface area (Å²) in [6, 6.07) is 28.7. The minimum Gasteiger partial charge on any atom is -0.478 e. The third-order valence-corrected chi connectivity index (χ3v) is 5.72. The molecule has 0 amide bonds. The molecule has 0 saturated carbocycles. The van der Waals surface area contributed by atoms with Gasteiger partial charge >= 0.3 is 17.9 Å². The lowest BCUT2D eigenvalue weighted by Gasteiger charge is -2.09. The molecule has 6 nitrogen and oxygen atoms in total. The molecule has 0 aromatic heterocycles. The largest absolute Gasteiger partial charge is 0.478 e. The van der Waals surface area contributed by atoms with Crippen molar-refractivity contribution < 1.29 is 29.0 Å². The first kappa shape index (κ1) is 26.4. The van der Waals surface area contributed by atoms with Crippen LogP contribution in [0.2, 0.25) is 0 Å². The summed E-state index contributed by atoms with van der Waals surface area (Å²) < 4.78 is 10.4. The van der Waals surface area contributed by atoms with Crippen LogP contribution in [0.3, 0.4) is 0 Å². The highest BCUT2D eigenvalue weighted by Gasteiger charge is 2.16. The first-order valence-corrected chi connectivity index (χ1v) is 11.6. The van der Waals surface area contributed by atoms with Crippen LogP contribution in [-0.4, -0.2) is 37.2 Å². The van der Waals surface area contributed by atoms with Gasteiger partial charge in [-0.25, -0.2) is 14.4 Å². The molecule has 0 bridgehead atoms. The van der Waals surface area contributed by atoms with Crippen molar-refractivity contribution in [1.29, 1.82) is 0 Å². The zero-order chi connectivity index (χ0) is 26.1. The normalized spacial score (nSPS) is 9.97. The maximum Gasteiger partial charge on any atom is 0.338 e. The number of carboxylic acid groups (broad SMARTS) is 1. The number of methoxy groups -OCH3 is 2. The van der Waals surface area contributed by atoms with Crippen LogP contribution in [0.25, 0.3) is 22.3 Å². The van der Waals surface area contributed by atoms with E-state index in [1.54, 1.807) is 6.07 Å². The highest BCUT2D eigenvalue weighted by Crippen LogP contribution is 2.28. The minimum atomic E-state index is -1.03. The smallest absolute Gasteiger partial charge is 0.338 e. The lowest BCUT2D eigenvalue weighted by molar-refractivity contribution is 0.0592. The third-order valence-electron chi connectivity index (χ3n) is 5.23. The quantitative estimate of drug-likeness (QED) is 0.279. The van der Waals surface area contributed by atoms with Crippen molar-refractivity contribution in [2.45, 2.75) is 0 Å². The predicted molar refractivity (Wildman–Crippen MR) is 141 cm³/mol. The monoisotopic (exact) mass is 546 g/mol. The van der Waals surface area contributed by atoms with Gasteiger partial charge in [-0.05, 0) is 58.7 Å². The molecule has 0 aliphatic carbocycles. The van der Waals surface area contributed by atoms with Crippen molar-refractivity contribution in [3.8, 4) is 22.3 Å². The SMILES string of the molecule is COC(=O)c1ccc(Br)cc1-c1ccccc1.COC(=O)c1ccc(C(=O)O)cc1-c1ccccc1. The molecule has 182 valence electrons. The number of carbonyl (C=O) groups is 3. The molecule has 4 aromatic rings. The van der Waals surface area contributed by atoms with Crippen molar-refractivity contribution in [3.63, 3.8) is 0 Å². The average molecular weight is 547 g/mol. The van der Waals surface area contributed by atoms with Gasteiger partial charge in [-0.3, -0.25) is 0 Å². The Labute approximate surface area is 217 Å². The van der Waals surface area contributed by atoms with Gasteiger partial charge in [-0.1, -0.05) is 76.6 Å². The van der Waals surface area contributed by atoms with E-state index in [0.717, 1.165) is 21.2 Å². The Morgan fingerprint density at radius 2 is 1.08 bits per heavy atom. The standard InChI is InChI=1S/C15H12O4.C14H11BrO2/c1-19-15(18)12-8-7-11(14(16)17)9-13(12)10-5-3-2-4-6-10;1-17-14(16)12-8-7-11(15)9-13(12)10-5-3-2-4-6-10/h2-9H,1H3,(H,16,17);2-9H,1H3. The van der Waals surface area contributed by atoms with Crippen LogP contribution in [0, 0.1) is 0 Å². The van der Waals surface area contributed by atoms with Gasteiger partial charge in [0.1, 0.15) is 0 Å². The molecule has 4 rings (SSSR count). The van der Waals surface area contributed by atoms with Gasteiger partial charge in [0.25, 0.3) is 0 Å². The number of ether oxygens (including phenoxy) is 2. The molecule has 0 atom stereocenters. The van der Waals surface area contributed by atoms with Gasteiger partial charge in [0, 0.05) is 4.47 Å². The van der Waals surface area contributed by atoms with Crippen LogP contribution in [0.15, 0.2) is 102 Å². The number of halogens is 1. The molecule has 0 radical (unpaired) electrons. The second kappa shape index (κ2) is 12.5. The third kappa shape index (κ3) is 6.46. The summed E-state index contributed by atoms with van der Waals surface area (Å²) in [5.74, 6) is -1.85. The molecule has 0 spiro atoms. The van der Waals surface area contributed by atoms with E-state index in [2.05, 4.69) is 15.9 Å². The van der Waals surface area contributed by atoms with E-state index in [1.165, 1.54) is 32.4 Å². The molecule has 0 saturated heterocycles. The first-order chi connectivity index (χ1) is 17.3. The van der Waals surface area contributed by atoms with E-state index in [1.807, 2.05) is 72.8 Å². The molecule has 0 unspecified atom stereocenters. The summed E-state index contributed by atoms with van der Waals surface area (Å²) in [7, 11) is 2.68. The van der Waals surface area contributed by atoms with E-state index in [9.17, 15) is 14.4 Å². The minimum absolute atomic E-state index is 0.131. The summed E-state index contributed by atoms with van der Waals surface area (Å²) in [6.07, 6.45) is 0. The summed E-state index contributed by atoms with van der Waals surface area (Å²) in [5.41, 5.74) is 4.23. The summed E-state index contributed by atoms with van der Waals surface area (Å²) in [4.78, 5) is 34.4. The molecular weight excluding hydrogens is 524 g/mol. The molecule has 0 heterocycles. The summed E-state index contributed by atoms with van der Waals surface area (Å²) >= 11 is 3.41. The maximum absolute atomic E-state index is 11.7. The molecule has 36 heavy (non-hydrogen) atoms. The fraction of sp³-hybridized carbons (Fsp3) is 0.0690. The van der Waals surface area contributed by atoms with E-state index >= 15 is 0 Å². The number of carbonyl (C=O) groups excluding carboxylic acids is 2. The lowest BCUT2D eigenvalue weighted by atomic mass is 9.97. The van der Waals surface area contributed by atoms with E-state index in [4.69, 9.17) is 14.6 Å². The van der Waals surface area contributed by atoms with Crippen LogP contribution in [0.5, 0.6) is 0 Å². The zero-order valence-corrected chi connectivity index (χ0v) is 21.2. The highest BCUT2D eigenvalue weighted by molar-refractivity contribution is 9.10. The number of aromatic carboxylic acids is 1. The maximum atomic E-state index is 11.7. The van der Waals surface area contributed by atoms with Crippen molar-refractivity contribution in [2.75, 3.05) is 14.2 Å². The molecular formula is C29H23BrO6. The van der Waals surface area contributed by atoms with Crippen LogP contribution in [0.1, 0.15) is 31.1 Å². The number of esters is 2. The Hall–Kier alpha value is -4.23. The zero-order valence-electron chi connectivity index (χ0n) is 19.6. The van der Waals surface area contributed by atoms with Crippen molar-refractivity contribution in [2.24, 2.45) is 0 Å². The fourth-order valence-electron chi connectivity index (χ4n) is 3.48. The lowest BCUT2D eigenvalue weighted by Crippen LogP contribution is -2.06. The van der Waals surface area contributed by atoms with Crippen molar-refractivity contribution >= 4 is 33.8 Å². The van der Waals surface area contributed by atoms with E-state index in [-0.39, 0.29) is 11.5 Å². The summed E-state index contributed by atoms with van der Waals surface area (Å²) in [6.45, 7) is 0. The van der Waals surface area contributed by atoms with Gasteiger partial charge in [0.05, 0.1) is 30.9 Å². The van der Waals surface area contributed by atoms with Gasteiger partial charge in [0.15, 0.2) is 0 Å². The van der Waals surface area contributed by atoms with Gasteiger partial charge in [0.2, 0.25) is 0 Å². The molecule has 7 heteroatoms. The topological polar surface area (TPSA) is 89.9 Å². The molecule has 4 aromatic carbocycles. The van der Waals surface area contributed by atoms with Crippen molar-refractivity contribution in [3.05, 3.63) is 118 Å². The Morgan fingerprint density at radius 3 is 1.53 bits per heavy atom. The number of hydrogen-bond acceptors (Lipinski definition) is 5. The fourth-order valence-corrected chi connectivity index (χ4v) is 3.84. The van der Waals surface area contributed by atoms with Crippen molar-refractivity contribution in [1.82, 2.24) is 0 Å². The number of carboxylic acids is 1. The van der Waals surface area contributed by atoms with Crippen LogP contribution < -0.4 is 0 Å². The molecule has 0 aliphatic heterocycles. The number of benzene rings is 4. The first-order valence-electron chi connectivity index (χ1n) is 10.8. The second-order valence-electron chi connectivity index (χ2n) is 7.47. The van der Waals surface area contributed by atoms with Crippen LogP contribution in [0.4, 0.5) is 0 Å². The van der Waals surface area contributed by atoms with Crippen LogP contribution >= 0.6 is 15.9 Å². The second-order valence-corrected chi connectivity index (χ2v) is 8.39. The Morgan fingerprint density at radius 1 is 0.639 bits per heavy atom. The van der Waals surface area contributed by atoms with E-state index in [0.29, 0.717) is 16.7 Å². The molecule has 1 N–H and O–H groups in total. The van der Waals surface area contributed by atoms with Crippen LogP contribution in [-0.2, 0) is 9.47 Å². The highest BCUT2D eigenvalue weighted by atomic mass is 79.9. The predicted octanol–water partition coefficient (Wildman–Crippen LogP) is 6.74. The Kier molecular flexibility index (Phi) is 9.13.